The van der Waals surface area contributed by atoms with Gasteiger partial charge in [-0.25, -0.2) is 4.98 Å². The third-order valence-electron chi connectivity index (χ3n) is 4.77. The van der Waals surface area contributed by atoms with Crippen LogP contribution in [0.3, 0.4) is 0 Å². The van der Waals surface area contributed by atoms with Gasteiger partial charge in [0.05, 0.1) is 5.52 Å². The van der Waals surface area contributed by atoms with Gasteiger partial charge in [-0.1, -0.05) is 12.1 Å². The highest BCUT2D eigenvalue weighted by molar-refractivity contribution is 6.02. The minimum atomic E-state index is -0.357. The summed E-state index contributed by atoms with van der Waals surface area (Å²) in [6, 6.07) is 11.1. The first-order valence-corrected chi connectivity index (χ1v) is 9.14. The zero-order valence-electron chi connectivity index (χ0n) is 15.0. The second-order valence-electron chi connectivity index (χ2n) is 6.86. The number of rotatable bonds is 5. The first-order chi connectivity index (χ1) is 13.7. The smallest absolute Gasteiger partial charge is 0.287 e. The number of benzene rings is 1. The second kappa shape index (κ2) is 6.56. The predicted octanol–water partition coefficient (Wildman–Crippen LogP) is 1.89. The molecule has 0 unspecified atom stereocenters. The summed E-state index contributed by atoms with van der Waals surface area (Å²) in [5.74, 6) is 0.931. The fourth-order valence-corrected chi connectivity index (χ4v) is 3.16. The molecule has 1 aliphatic carbocycles. The molecule has 2 aliphatic rings. The Morgan fingerprint density at radius 2 is 1.96 bits per heavy atom. The van der Waals surface area contributed by atoms with E-state index in [0.29, 0.717) is 23.6 Å². The average Bonchev–Trinajstić information content (AvgIpc) is 3.26. The summed E-state index contributed by atoms with van der Waals surface area (Å²) in [4.78, 5) is 29.6. The SMILES string of the molecule is O=C(NC1CC1)c1nc(C(=O)NCc2ccc3c(c2)OCO3)n2ccccc12. The molecule has 2 aromatic heterocycles. The first kappa shape index (κ1) is 16.6. The molecule has 8 heteroatoms. The van der Waals surface area contributed by atoms with E-state index in [0.717, 1.165) is 18.4 Å². The zero-order chi connectivity index (χ0) is 19.1. The lowest BCUT2D eigenvalue weighted by atomic mass is 10.2. The number of hydrogen-bond acceptors (Lipinski definition) is 5. The van der Waals surface area contributed by atoms with E-state index < -0.39 is 0 Å². The Balaban J connectivity index is 1.37. The average molecular weight is 378 g/mol. The molecule has 28 heavy (non-hydrogen) atoms. The van der Waals surface area contributed by atoms with Gasteiger partial charge in [-0.2, -0.15) is 0 Å². The van der Waals surface area contributed by atoms with Crippen LogP contribution in [0.25, 0.3) is 5.52 Å². The van der Waals surface area contributed by atoms with Gasteiger partial charge in [0.2, 0.25) is 12.6 Å². The summed E-state index contributed by atoms with van der Waals surface area (Å²) in [7, 11) is 0. The van der Waals surface area contributed by atoms with Crippen molar-refractivity contribution in [2.24, 2.45) is 0 Å². The maximum absolute atomic E-state index is 12.8. The van der Waals surface area contributed by atoms with E-state index in [4.69, 9.17) is 9.47 Å². The number of aromatic nitrogens is 2. The summed E-state index contributed by atoms with van der Waals surface area (Å²) in [5, 5.41) is 5.78. The molecular formula is C20H18N4O4. The number of amides is 2. The van der Waals surface area contributed by atoms with E-state index in [-0.39, 0.29) is 36.2 Å². The number of carbonyl (C=O) groups is 2. The minimum Gasteiger partial charge on any atom is -0.454 e. The number of fused-ring (bicyclic) bond motifs is 2. The van der Waals surface area contributed by atoms with Crippen molar-refractivity contribution in [3.05, 3.63) is 59.7 Å². The van der Waals surface area contributed by atoms with Crippen molar-refractivity contribution in [3.8, 4) is 11.5 Å². The van der Waals surface area contributed by atoms with Gasteiger partial charge in [0.15, 0.2) is 17.2 Å². The number of hydrogen-bond donors (Lipinski definition) is 2. The fourth-order valence-electron chi connectivity index (χ4n) is 3.16. The van der Waals surface area contributed by atoms with Crippen molar-refractivity contribution in [3.63, 3.8) is 0 Å². The van der Waals surface area contributed by atoms with Gasteiger partial charge in [0, 0.05) is 18.8 Å². The summed E-state index contributed by atoms with van der Waals surface area (Å²) in [6.45, 7) is 0.512. The van der Waals surface area contributed by atoms with E-state index in [1.54, 1.807) is 22.7 Å². The van der Waals surface area contributed by atoms with E-state index in [9.17, 15) is 9.59 Å². The minimum absolute atomic E-state index is 0.178. The summed E-state index contributed by atoms with van der Waals surface area (Å²) >= 11 is 0. The first-order valence-electron chi connectivity index (χ1n) is 9.14. The van der Waals surface area contributed by atoms with Crippen molar-refractivity contribution >= 4 is 17.3 Å². The Hall–Kier alpha value is -3.55. The standard InChI is InChI=1S/C20H18N4O4/c25-19(22-13-5-6-13)17-14-3-1-2-8-24(14)18(23-17)20(26)21-10-12-4-7-15-16(9-12)28-11-27-15/h1-4,7-9,13H,5-6,10-11H2,(H,21,26)(H,22,25). The van der Waals surface area contributed by atoms with E-state index in [2.05, 4.69) is 15.6 Å². The molecule has 1 fully saturated rings. The van der Waals surface area contributed by atoms with Gasteiger partial charge in [0.1, 0.15) is 0 Å². The van der Waals surface area contributed by atoms with Crippen LogP contribution in [0.1, 0.15) is 39.5 Å². The van der Waals surface area contributed by atoms with Crippen molar-refractivity contribution in [2.45, 2.75) is 25.4 Å². The van der Waals surface area contributed by atoms with E-state index >= 15 is 0 Å². The third-order valence-corrected chi connectivity index (χ3v) is 4.77. The molecule has 1 aromatic carbocycles. The zero-order valence-corrected chi connectivity index (χ0v) is 15.0. The number of carbonyl (C=O) groups excluding carboxylic acids is 2. The summed E-state index contributed by atoms with van der Waals surface area (Å²) < 4.78 is 12.3. The predicted molar refractivity (Wildman–Crippen MR) is 99.4 cm³/mol. The molecule has 8 nitrogen and oxygen atoms in total. The molecule has 0 spiro atoms. The Morgan fingerprint density at radius 1 is 1.11 bits per heavy atom. The van der Waals surface area contributed by atoms with Crippen LogP contribution in [0.15, 0.2) is 42.6 Å². The Labute approximate surface area is 160 Å². The van der Waals surface area contributed by atoms with Crippen LogP contribution in [0.5, 0.6) is 11.5 Å². The molecule has 3 aromatic rings. The quantitative estimate of drug-likeness (QED) is 0.707. The van der Waals surface area contributed by atoms with Crippen LogP contribution in [-0.4, -0.2) is 34.0 Å². The van der Waals surface area contributed by atoms with Crippen LogP contribution < -0.4 is 20.1 Å². The van der Waals surface area contributed by atoms with Gasteiger partial charge < -0.3 is 20.1 Å². The summed E-state index contributed by atoms with van der Waals surface area (Å²) in [5.41, 5.74) is 1.75. The molecule has 2 N–H and O–H groups in total. The summed E-state index contributed by atoms with van der Waals surface area (Å²) in [6.07, 6.45) is 3.70. The Morgan fingerprint density at radius 3 is 2.82 bits per heavy atom. The molecule has 1 saturated carbocycles. The number of imidazole rings is 1. The lowest BCUT2D eigenvalue weighted by Crippen LogP contribution is -2.27. The Bertz CT molecular complexity index is 1090. The monoisotopic (exact) mass is 378 g/mol. The van der Waals surface area contributed by atoms with E-state index in [1.165, 1.54) is 0 Å². The van der Waals surface area contributed by atoms with Crippen molar-refractivity contribution < 1.29 is 19.1 Å². The third kappa shape index (κ3) is 3.02. The molecular weight excluding hydrogens is 360 g/mol. The molecule has 3 heterocycles. The van der Waals surface area contributed by atoms with Gasteiger partial charge >= 0.3 is 0 Å². The second-order valence-corrected chi connectivity index (χ2v) is 6.86. The fraction of sp³-hybridized carbons (Fsp3) is 0.250. The van der Waals surface area contributed by atoms with Crippen molar-refractivity contribution in [2.75, 3.05) is 6.79 Å². The van der Waals surface area contributed by atoms with Gasteiger partial charge in [-0.15, -0.1) is 0 Å². The number of nitrogens with one attached hydrogen (secondary N) is 2. The lowest BCUT2D eigenvalue weighted by molar-refractivity contribution is 0.0939. The number of pyridine rings is 1. The molecule has 1 aliphatic heterocycles. The van der Waals surface area contributed by atoms with Crippen LogP contribution in [0.4, 0.5) is 0 Å². The Kier molecular flexibility index (Phi) is 3.89. The molecule has 0 radical (unpaired) electrons. The normalized spacial score (nSPS) is 14.9. The molecule has 0 atom stereocenters. The highest BCUT2D eigenvalue weighted by atomic mass is 16.7. The largest absolute Gasteiger partial charge is 0.454 e. The number of ether oxygens (including phenoxy) is 2. The highest BCUT2D eigenvalue weighted by Gasteiger charge is 2.27. The van der Waals surface area contributed by atoms with Crippen LogP contribution in [0.2, 0.25) is 0 Å². The van der Waals surface area contributed by atoms with Gasteiger partial charge in [-0.05, 0) is 42.7 Å². The highest BCUT2D eigenvalue weighted by Crippen LogP contribution is 2.32. The number of nitrogens with zero attached hydrogens (tertiary/aromatic N) is 2. The van der Waals surface area contributed by atoms with Crippen molar-refractivity contribution in [1.29, 1.82) is 0 Å². The van der Waals surface area contributed by atoms with Crippen molar-refractivity contribution in [1.82, 2.24) is 20.0 Å². The molecule has 0 bridgehead atoms. The molecule has 2 amide bonds. The molecule has 0 saturated heterocycles. The van der Waals surface area contributed by atoms with Crippen LogP contribution >= 0.6 is 0 Å². The van der Waals surface area contributed by atoms with Crippen LogP contribution in [-0.2, 0) is 6.54 Å². The molecule has 5 rings (SSSR count). The topological polar surface area (TPSA) is 94.0 Å². The van der Waals surface area contributed by atoms with Gasteiger partial charge in [0.25, 0.3) is 11.8 Å². The van der Waals surface area contributed by atoms with Gasteiger partial charge in [-0.3, -0.25) is 14.0 Å². The lowest BCUT2D eigenvalue weighted by Gasteiger charge is -2.06. The maximum atomic E-state index is 12.8. The maximum Gasteiger partial charge on any atom is 0.287 e. The van der Waals surface area contributed by atoms with E-state index in [1.807, 2.05) is 24.3 Å². The molecule has 142 valence electrons. The van der Waals surface area contributed by atoms with Crippen LogP contribution in [0, 0.1) is 0 Å².